The van der Waals surface area contributed by atoms with Gasteiger partial charge in [-0.2, -0.15) is 0 Å². The number of esters is 3. The Morgan fingerprint density at radius 1 is 0.266 bits per heavy atom. The normalized spacial score (nSPS) is 13.0. The Morgan fingerprint density at radius 3 is 0.797 bits per heavy atom. The van der Waals surface area contributed by atoms with Crippen molar-refractivity contribution >= 4 is 17.9 Å². The highest BCUT2D eigenvalue weighted by molar-refractivity contribution is 5.71. The van der Waals surface area contributed by atoms with E-state index in [1.807, 2.05) is 0 Å². The molecular formula is C73H120O6. The SMILES string of the molecule is CC/C=C\C/C=C\C/C=C\C/C=C\C/C=C\C/C=C\C/C=C\C/C=C\C/C=C\CCCCCC(=O)OCC(COC(=O)CCCCCCC/C=C\CCCCCCC)OC(=O)CCCCCCC/C=C\CCCCCCCCC. The molecular weight excluding hydrogens is 973 g/mol. The lowest BCUT2D eigenvalue weighted by Gasteiger charge is -2.18. The van der Waals surface area contributed by atoms with Gasteiger partial charge in [-0.05, 0) is 141 Å². The molecule has 1 unspecified atom stereocenters. The largest absolute Gasteiger partial charge is 0.462 e. The van der Waals surface area contributed by atoms with Crippen molar-refractivity contribution in [3.8, 4) is 0 Å². The first-order valence-corrected chi connectivity index (χ1v) is 32.7. The predicted molar refractivity (Wildman–Crippen MR) is 343 cm³/mol. The highest BCUT2D eigenvalue weighted by atomic mass is 16.6. The quantitative estimate of drug-likeness (QED) is 0.0261. The first-order chi connectivity index (χ1) is 39.0. The number of rotatable bonds is 58. The average Bonchev–Trinajstić information content (AvgIpc) is 3.45. The third kappa shape index (κ3) is 64.3. The van der Waals surface area contributed by atoms with Crippen LogP contribution in [-0.4, -0.2) is 37.2 Å². The number of carbonyl (C=O) groups is 3. The van der Waals surface area contributed by atoms with Crippen LogP contribution in [0, 0.1) is 0 Å². The van der Waals surface area contributed by atoms with E-state index in [9.17, 15) is 14.4 Å². The standard InChI is InChI=1S/C73H120O6/c1-4-7-10-13-16-19-22-25-28-30-31-32-33-34-35-36-37-38-39-40-41-42-43-44-46-48-51-54-57-60-63-66-72(75)78-69-70(68-77-71(74)65-62-59-56-53-50-47-27-24-21-18-15-12-9-6-3)79-73(76)67-64-61-58-55-52-49-45-29-26-23-20-17-14-11-8-5-2/h7,10,16,19,24-25,27-29,31-32,34-35,37-38,40-41,43-45,48,51,70H,4-6,8-9,11-15,17-18,20-23,26,30,33,36,39,42,46-47,49-50,52-69H2,1-3H3/b10-7-,19-16-,27-24-,28-25-,32-31-,35-34-,38-37-,41-40-,44-43-,45-29-,51-48-. The van der Waals surface area contributed by atoms with Gasteiger partial charge in [-0.15, -0.1) is 0 Å². The van der Waals surface area contributed by atoms with Crippen LogP contribution in [0.5, 0.6) is 0 Å². The fourth-order valence-electron chi connectivity index (χ4n) is 8.72. The van der Waals surface area contributed by atoms with Gasteiger partial charge in [0.05, 0.1) is 0 Å². The highest BCUT2D eigenvalue weighted by Gasteiger charge is 2.19. The number of hydrogen-bond donors (Lipinski definition) is 0. The second-order valence-corrected chi connectivity index (χ2v) is 21.3. The molecule has 0 aromatic carbocycles. The van der Waals surface area contributed by atoms with Crippen molar-refractivity contribution < 1.29 is 28.6 Å². The van der Waals surface area contributed by atoms with Gasteiger partial charge in [0, 0.05) is 19.3 Å². The monoisotopic (exact) mass is 1090 g/mol. The van der Waals surface area contributed by atoms with Crippen molar-refractivity contribution in [2.75, 3.05) is 13.2 Å². The number of unbranched alkanes of at least 4 members (excludes halogenated alkanes) is 25. The van der Waals surface area contributed by atoms with Crippen molar-refractivity contribution in [1.29, 1.82) is 0 Å². The minimum Gasteiger partial charge on any atom is -0.462 e. The first-order valence-electron chi connectivity index (χ1n) is 32.7. The summed E-state index contributed by atoms with van der Waals surface area (Å²) in [5, 5.41) is 0. The Kier molecular flexibility index (Phi) is 62.3. The molecule has 0 saturated heterocycles. The lowest BCUT2D eigenvalue weighted by atomic mass is 10.1. The van der Waals surface area contributed by atoms with E-state index in [0.29, 0.717) is 19.3 Å². The molecule has 0 spiro atoms. The van der Waals surface area contributed by atoms with Crippen LogP contribution < -0.4 is 0 Å². The molecule has 0 aromatic heterocycles. The lowest BCUT2D eigenvalue weighted by molar-refractivity contribution is -0.167. The zero-order chi connectivity index (χ0) is 57.1. The predicted octanol–water partition coefficient (Wildman–Crippen LogP) is 22.5. The van der Waals surface area contributed by atoms with Crippen LogP contribution in [0.1, 0.15) is 290 Å². The van der Waals surface area contributed by atoms with E-state index in [4.69, 9.17) is 14.2 Å². The van der Waals surface area contributed by atoms with E-state index >= 15 is 0 Å². The van der Waals surface area contributed by atoms with E-state index in [1.165, 1.54) is 103 Å². The molecule has 0 amide bonds. The highest BCUT2D eigenvalue weighted by Crippen LogP contribution is 2.14. The Labute approximate surface area is 487 Å². The van der Waals surface area contributed by atoms with Crippen LogP contribution in [0.3, 0.4) is 0 Å². The maximum absolute atomic E-state index is 12.9. The van der Waals surface area contributed by atoms with Gasteiger partial charge in [-0.25, -0.2) is 0 Å². The van der Waals surface area contributed by atoms with E-state index in [2.05, 4.69) is 154 Å². The van der Waals surface area contributed by atoms with Crippen LogP contribution in [0.25, 0.3) is 0 Å². The molecule has 6 heteroatoms. The molecule has 6 nitrogen and oxygen atoms in total. The summed E-state index contributed by atoms with van der Waals surface area (Å²) in [5.41, 5.74) is 0. The molecule has 0 bridgehead atoms. The Morgan fingerprint density at radius 2 is 0.494 bits per heavy atom. The summed E-state index contributed by atoms with van der Waals surface area (Å²) >= 11 is 0. The van der Waals surface area contributed by atoms with E-state index in [0.717, 1.165) is 148 Å². The number of hydrogen-bond acceptors (Lipinski definition) is 6. The van der Waals surface area contributed by atoms with Crippen LogP contribution in [0.4, 0.5) is 0 Å². The molecule has 0 aliphatic carbocycles. The number of ether oxygens (including phenoxy) is 3. The van der Waals surface area contributed by atoms with Crippen LogP contribution >= 0.6 is 0 Å². The molecule has 0 aliphatic rings. The summed E-state index contributed by atoms with van der Waals surface area (Å²) in [4.78, 5) is 38.3. The molecule has 448 valence electrons. The Bertz CT molecular complexity index is 1680. The lowest BCUT2D eigenvalue weighted by Crippen LogP contribution is -2.30. The fourth-order valence-corrected chi connectivity index (χ4v) is 8.72. The molecule has 0 aromatic rings. The topological polar surface area (TPSA) is 78.9 Å². The molecule has 0 fully saturated rings. The Balaban J connectivity index is 4.40. The van der Waals surface area contributed by atoms with Gasteiger partial charge in [-0.1, -0.05) is 264 Å². The van der Waals surface area contributed by atoms with Crippen molar-refractivity contribution in [3.63, 3.8) is 0 Å². The summed E-state index contributed by atoms with van der Waals surface area (Å²) in [5.74, 6) is -0.946. The molecule has 0 heterocycles. The van der Waals surface area contributed by atoms with Crippen molar-refractivity contribution in [2.45, 2.75) is 297 Å². The second kappa shape index (κ2) is 66.1. The smallest absolute Gasteiger partial charge is 0.306 e. The van der Waals surface area contributed by atoms with Crippen LogP contribution in [0.2, 0.25) is 0 Å². The van der Waals surface area contributed by atoms with E-state index in [-0.39, 0.29) is 31.1 Å². The maximum Gasteiger partial charge on any atom is 0.306 e. The van der Waals surface area contributed by atoms with Gasteiger partial charge in [0.2, 0.25) is 0 Å². The van der Waals surface area contributed by atoms with E-state index in [1.54, 1.807) is 0 Å². The van der Waals surface area contributed by atoms with Crippen LogP contribution in [0.15, 0.2) is 134 Å². The summed E-state index contributed by atoms with van der Waals surface area (Å²) in [7, 11) is 0. The van der Waals surface area contributed by atoms with Crippen molar-refractivity contribution in [2.24, 2.45) is 0 Å². The Hall–Kier alpha value is -4.45. The summed E-state index contributed by atoms with van der Waals surface area (Å²) in [6.45, 7) is 6.48. The third-order valence-corrected chi connectivity index (χ3v) is 13.6. The summed E-state index contributed by atoms with van der Waals surface area (Å²) in [6.07, 6.45) is 93.1. The summed E-state index contributed by atoms with van der Waals surface area (Å²) < 4.78 is 16.9. The molecule has 0 saturated carbocycles. The van der Waals surface area contributed by atoms with Gasteiger partial charge in [0.25, 0.3) is 0 Å². The second-order valence-electron chi connectivity index (χ2n) is 21.3. The number of allylic oxidation sites excluding steroid dienone is 22. The molecule has 0 aliphatic heterocycles. The van der Waals surface area contributed by atoms with Gasteiger partial charge < -0.3 is 14.2 Å². The minimum absolute atomic E-state index is 0.0986. The maximum atomic E-state index is 12.9. The zero-order valence-corrected chi connectivity index (χ0v) is 51.3. The molecule has 79 heavy (non-hydrogen) atoms. The van der Waals surface area contributed by atoms with Crippen molar-refractivity contribution in [3.05, 3.63) is 134 Å². The molecule has 1 atom stereocenters. The summed E-state index contributed by atoms with van der Waals surface area (Å²) in [6, 6.07) is 0. The molecule has 0 radical (unpaired) electrons. The van der Waals surface area contributed by atoms with Gasteiger partial charge in [-0.3, -0.25) is 14.4 Å². The van der Waals surface area contributed by atoms with Gasteiger partial charge in [0.15, 0.2) is 6.10 Å². The molecule has 0 rings (SSSR count). The van der Waals surface area contributed by atoms with Gasteiger partial charge >= 0.3 is 17.9 Å². The van der Waals surface area contributed by atoms with Crippen molar-refractivity contribution in [1.82, 2.24) is 0 Å². The minimum atomic E-state index is -0.804. The first kappa shape index (κ1) is 74.5. The third-order valence-electron chi connectivity index (χ3n) is 13.6. The molecule has 0 N–H and O–H groups in total. The average molecular weight is 1090 g/mol. The zero-order valence-electron chi connectivity index (χ0n) is 51.3. The fraction of sp³-hybridized carbons (Fsp3) is 0.658. The van der Waals surface area contributed by atoms with Gasteiger partial charge in [0.1, 0.15) is 13.2 Å². The van der Waals surface area contributed by atoms with Crippen LogP contribution in [-0.2, 0) is 28.6 Å². The van der Waals surface area contributed by atoms with E-state index < -0.39 is 6.10 Å². The number of carbonyl (C=O) groups excluding carboxylic acids is 3.